The van der Waals surface area contributed by atoms with Crippen molar-refractivity contribution < 1.29 is 20.0 Å². The summed E-state index contributed by atoms with van der Waals surface area (Å²) in [5, 5.41) is 1.52. The fourth-order valence-corrected chi connectivity index (χ4v) is 3.02. The van der Waals surface area contributed by atoms with Crippen LogP contribution < -0.4 is 10.2 Å². The van der Waals surface area contributed by atoms with Crippen molar-refractivity contribution in [3.63, 3.8) is 0 Å². The second-order valence-electron chi connectivity index (χ2n) is 4.96. The number of rotatable bonds is 2. The zero-order valence-corrected chi connectivity index (χ0v) is 17.2. The average Bonchev–Trinajstić information content (AvgIpc) is 2.50. The standard InChI is InChI=1S/C10H16NP.C7H7.Au.ClH/c1-11(2)9-7-5-6-8-10(9)12(3)4;1-7-5-3-2-4-6-7;;/h5-8H,1-4H3;2-5H,1H3;;1H/q;-1;+1;. The molecule has 0 amide bonds. The predicted molar refractivity (Wildman–Crippen MR) is 96.4 cm³/mol. The summed E-state index contributed by atoms with van der Waals surface area (Å²) in [6.07, 6.45) is 0. The molecule has 0 aromatic heterocycles. The van der Waals surface area contributed by atoms with E-state index in [2.05, 4.69) is 71.8 Å². The van der Waals surface area contributed by atoms with Gasteiger partial charge in [-0.05, 0) is 12.1 Å². The molecule has 0 atom stereocenters. The van der Waals surface area contributed by atoms with E-state index in [1.165, 1.54) is 16.6 Å². The van der Waals surface area contributed by atoms with Crippen molar-refractivity contribution >= 4 is 28.1 Å². The van der Waals surface area contributed by atoms with Gasteiger partial charge in [-0.15, -0.1) is 0 Å². The molecule has 21 heavy (non-hydrogen) atoms. The third kappa shape index (κ3) is 8.66. The minimum absolute atomic E-state index is 0.328. The number of hydrogen-bond donors (Lipinski definition) is 0. The molecule has 0 fully saturated rings. The van der Waals surface area contributed by atoms with Gasteiger partial charge in [0.15, 0.2) is 0 Å². The molecule has 2 aromatic rings. The summed E-state index contributed by atoms with van der Waals surface area (Å²) in [6, 6.07) is 19.6. The first-order valence-electron chi connectivity index (χ1n) is 6.64. The zero-order valence-electron chi connectivity index (χ0n) is 13.2. The number of hydrogen-bond acceptors (Lipinski definition) is 1. The Kier molecular flexibility index (Phi) is 12.1. The number of benzene rings is 2. The van der Waals surface area contributed by atoms with E-state index >= 15 is 0 Å². The molecule has 0 bridgehead atoms. The third-order valence-corrected chi connectivity index (χ3v) is 4.29. The molecule has 0 heterocycles. The van der Waals surface area contributed by atoms with Crippen LogP contribution in [-0.2, 0) is 20.0 Å². The van der Waals surface area contributed by atoms with Gasteiger partial charge in [-0.1, -0.05) is 19.1 Å². The molecule has 0 unspecified atom stereocenters. The fraction of sp³-hybridized carbons (Fsp3) is 0.294. The monoisotopic (exact) mass is 505 g/mol. The van der Waals surface area contributed by atoms with Crippen molar-refractivity contribution in [2.45, 2.75) is 6.92 Å². The number of anilines is 1. The van der Waals surface area contributed by atoms with Gasteiger partial charge in [0.25, 0.3) is 0 Å². The van der Waals surface area contributed by atoms with Crippen LogP contribution in [0.25, 0.3) is 0 Å². The first kappa shape index (κ1) is 20.7. The Morgan fingerprint density at radius 2 is 1.57 bits per heavy atom. The Hall–Kier alpha value is -0.300. The minimum atomic E-state index is -0.328. The maximum absolute atomic E-state index is 4.58. The van der Waals surface area contributed by atoms with E-state index in [1.54, 1.807) is 20.0 Å². The van der Waals surface area contributed by atoms with E-state index in [-0.39, 0.29) is 7.92 Å². The van der Waals surface area contributed by atoms with Gasteiger partial charge in [0, 0.05) is 22.0 Å². The summed E-state index contributed by atoms with van der Waals surface area (Å²) in [7, 11) is 8.46. The molecule has 4 heteroatoms. The topological polar surface area (TPSA) is 3.24 Å². The van der Waals surface area contributed by atoms with E-state index in [0.717, 1.165) is 0 Å². The first-order valence-corrected chi connectivity index (χ1v) is 11.8. The molecule has 0 aliphatic heterocycles. The normalized spacial score (nSPS) is 9.19. The molecule has 0 aliphatic carbocycles. The van der Waals surface area contributed by atoms with Crippen molar-refractivity contribution in [3.8, 4) is 0 Å². The van der Waals surface area contributed by atoms with Gasteiger partial charge in [0.05, 0.1) is 19.0 Å². The quantitative estimate of drug-likeness (QED) is 0.334. The molecule has 0 N–H and O–H groups in total. The van der Waals surface area contributed by atoms with Crippen molar-refractivity contribution in [1.82, 2.24) is 0 Å². The Balaban J connectivity index is 0.000000377. The van der Waals surface area contributed by atoms with Crippen molar-refractivity contribution in [1.29, 1.82) is 0 Å². The van der Waals surface area contributed by atoms with Gasteiger partial charge in [-0.2, -0.15) is 35.9 Å². The summed E-state index contributed by atoms with van der Waals surface area (Å²) in [5.74, 6) is 0. The van der Waals surface area contributed by atoms with Gasteiger partial charge in [0.2, 0.25) is 0 Å². The summed E-state index contributed by atoms with van der Waals surface area (Å²) in [4.78, 5) is 2.19. The Morgan fingerprint density at radius 1 is 1.00 bits per heavy atom. The Labute approximate surface area is 147 Å². The second kappa shape index (κ2) is 12.3. The average molecular weight is 506 g/mol. The molecule has 2 rings (SSSR count). The van der Waals surface area contributed by atoms with Gasteiger partial charge >= 0.3 is 29.2 Å². The van der Waals surface area contributed by atoms with Crippen LogP contribution in [0.15, 0.2) is 48.5 Å². The van der Waals surface area contributed by atoms with E-state index in [1.807, 2.05) is 31.2 Å². The third-order valence-electron chi connectivity index (χ3n) is 2.79. The predicted octanol–water partition coefficient (Wildman–Crippen LogP) is 4.33. The molecule has 0 saturated heterocycles. The maximum atomic E-state index is 4.58. The van der Waals surface area contributed by atoms with Crippen LogP contribution in [0.1, 0.15) is 5.56 Å². The molecule has 1 nitrogen and oxygen atoms in total. The SMILES string of the molecule is CN(C)c1ccccc1[PH+](C)C.Cc1[c-]cccc1.[Cl][Au]. The second-order valence-corrected chi connectivity index (χ2v) is 7.50. The number of para-hydroxylation sites is 1. The van der Waals surface area contributed by atoms with E-state index in [0.29, 0.717) is 0 Å². The molecular weight excluding hydrogens is 482 g/mol. The van der Waals surface area contributed by atoms with Crippen LogP contribution in [0.2, 0.25) is 0 Å². The fourth-order valence-electron chi connectivity index (χ4n) is 1.77. The molecule has 120 valence electrons. The summed E-state index contributed by atoms with van der Waals surface area (Å²) in [6.45, 7) is 6.68. The van der Waals surface area contributed by atoms with Crippen LogP contribution in [0.3, 0.4) is 0 Å². The number of aryl methyl sites for hydroxylation is 1. The molecule has 0 radical (unpaired) electrons. The molecule has 0 saturated carbocycles. The number of nitrogens with zero attached hydrogens (tertiary/aromatic N) is 1. The van der Waals surface area contributed by atoms with E-state index < -0.39 is 0 Å². The first-order chi connectivity index (χ1) is 10.0. The van der Waals surface area contributed by atoms with Crippen LogP contribution >= 0.6 is 17.1 Å². The van der Waals surface area contributed by atoms with E-state index in [4.69, 9.17) is 0 Å². The van der Waals surface area contributed by atoms with Crippen molar-refractivity contribution in [2.75, 3.05) is 32.3 Å². The summed E-state index contributed by atoms with van der Waals surface area (Å²) < 4.78 is 0. The zero-order chi connectivity index (χ0) is 16.3. The van der Waals surface area contributed by atoms with Crippen molar-refractivity contribution in [3.05, 3.63) is 60.2 Å². The molecule has 2 aromatic carbocycles. The van der Waals surface area contributed by atoms with Crippen molar-refractivity contribution in [2.24, 2.45) is 0 Å². The van der Waals surface area contributed by atoms with Crippen LogP contribution in [0.5, 0.6) is 0 Å². The van der Waals surface area contributed by atoms with Gasteiger partial charge in [-0.25, -0.2) is 0 Å². The molecule has 0 spiro atoms. The number of halogens is 1. The Bertz CT molecular complexity index is 462. The molecular formula is C17H24AuClNP. The van der Waals surface area contributed by atoms with Crippen LogP contribution in [0, 0.1) is 13.0 Å². The Morgan fingerprint density at radius 3 is 1.90 bits per heavy atom. The molecule has 0 aliphatic rings. The van der Waals surface area contributed by atoms with Gasteiger partial charge in [0.1, 0.15) is 5.30 Å². The van der Waals surface area contributed by atoms with Gasteiger partial charge < -0.3 is 4.90 Å². The summed E-state index contributed by atoms with van der Waals surface area (Å²) in [5.41, 5.74) is 2.57. The van der Waals surface area contributed by atoms with E-state index in [9.17, 15) is 0 Å². The van der Waals surface area contributed by atoms with Crippen LogP contribution in [-0.4, -0.2) is 27.4 Å². The van der Waals surface area contributed by atoms with Crippen LogP contribution in [0.4, 0.5) is 5.69 Å². The summed E-state index contributed by atoms with van der Waals surface area (Å²) >= 11 is 1.75. The van der Waals surface area contributed by atoms with Gasteiger partial charge in [-0.3, -0.25) is 0 Å².